The van der Waals surface area contributed by atoms with Crippen molar-refractivity contribution >= 4 is 28.3 Å². The molecule has 0 saturated carbocycles. The highest BCUT2D eigenvalue weighted by atomic mass is 35.5. The van der Waals surface area contributed by atoms with Gasteiger partial charge in [0.1, 0.15) is 17.5 Å². The number of hydrogen-bond acceptors (Lipinski definition) is 3. The van der Waals surface area contributed by atoms with Crippen LogP contribution in [-0.4, -0.2) is 32.3 Å². The molecule has 6 heteroatoms. The van der Waals surface area contributed by atoms with Gasteiger partial charge >= 0.3 is 0 Å². The third-order valence-electron chi connectivity index (χ3n) is 3.55. The van der Waals surface area contributed by atoms with Crippen molar-refractivity contribution in [2.24, 2.45) is 0 Å². The van der Waals surface area contributed by atoms with Crippen molar-refractivity contribution in [2.75, 3.05) is 32.2 Å². The van der Waals surface area contributed by atoms with E-state index in [1.807, 2.05) is 6.92 Å². The zero-order valence-electron chi connectivity index (χ0n) is 12.9. The van der Waals surface area contributed by atoms with Crippen molar-refractivity contribution in [2.45, 2.75) is 19.8 Å². The molecule has 22 heavy (non-hydrogen) atoms. The molecule has 1 aliphatic rings. The van der Waals surface area contributed by atoms with Crippen LogP contribution in [0.25, 0.3) is 10.9 Å². The summed E-state index contributed by atoms with van der Waals surface area (Å²) >= 11 is 6.24. The van der Waals surface area contributed by atoms with Gasteiger partial charge in [0.2, 0.25) is 0 Å². The molecule has 2 aromatic rings. The number of hydrogen-bond donors (Lipinski definition) is 0. The van der Waals surface area contributed by atoms with Crippen LogP contribution in [0.4, 0.5) is 14.6 Å². The zero-order valence-corrected chi connectivity index (χ0v) is 13.7. The van der Waals surface area contributed by atoms with Gasteiger partial charge in [-0.2, -0.15) is 0 Å². The van der Waals surface area contributed by atoms with Crippen LogP contribution in [0.1, 0.15) is 18.4 Å². The number of pyridine rings is 1. The summed E-state index contributed by atoms with van der Waals surface area (Å²) in [5.41, 5.74) is 1.02. The van der Waals surface area contributed by atoms with Gasteiger partial charge in [0.25, 0.3) is 0 Å². The minimum atomic E-state index is -0.663. The second kappa shape index (κ2) is 7.20. The molecule has 0 N–H and O–H groups in total. The van der Waals surface area contributed by atoms with Crippen LogP contribution in [0.15, 0.2) is 12.1 Å². The van der Waals surface area contributed by atoms with Crippen LogP contribution >= 0.6 is 11.6 Å². The van der Waals surface area contributed by atoms with Crippen LogP contribution in [0.5, 0.6) is 0 Å². The van der Waals surface area contributed by atoms with Crippen LogP contribution in [0.3, 0.4) is 0 Å². The molecule has 0 amide bonds. The highest BCUT2D eigenvalue weighted by molar-refractivity contribution is 6.36. The Morgan fingerprint density at radius 2 is 1.77 bits per heavy atom. The van der Waals surface area contributed by atoms with Crippen molar-refractivity contribution in [1.82, 2.24) is 4.98 Å². The number of benzene rings is 1. The monoisotopic (exact) mass is 328 g/mol. The van der Waals surface area contributed by atoms with E-state index in [-0.39, 0.29) is 10.9 Å². The standard InChI is InChI=1S/C14H13ClF2N2.C2H6O/c1-8-13(15)12-10(17)6-9(16)7-11(12)18-14(8)19-4-2-3-5-19;1-3-2/h6-7H,2-5H2,1H3;1-2H3. The maximum Gasteiger partial charge on any atom is 0.137 e. The fourth-order valence-corrected chi connectivity index (χ4v) is 2.86. The van der Waals surface area contributed by atoms with E-state index in [2.05, 4.69) is 14.6 Å². The highest BCUT2D eigenvalue weighted by Crippen LogP contribution is 2.35. The first-order valence-electron chi connectivity index (χ1n) is 7.09. The molecule has 1 saturated heterocycles. The molecule has 1 aromatic heterocycles. The smallest absolute Gasteiger partial charge is 0.137 e. The Morgan fingerprint density at radius 3 is 2.36 bits per heavy atom. The van der Waals surface area contributed by atoms with Gasteiger partial charge in [-0.1, -0.05) is 11.6 Å². The first-order valence-corrected chi connectivity index (χ1v) is 7.47. The van der Waals surface area contributed by atoms with Crippen LogP contribution in [0, 0.1) is 18.6 Å². The predicted molar refractivity (Wildman–Crippen MR) is 85.8 cm³/mol. The van der Waals surface area contributed by atoms with Gasteiger partial charge in [0.05, 0.1) is 15.9 Å². The molecule has 0 unspecified atom stereocenters. The number of fused-ring (bicyclic) bond motifs is 1. The number of methoxy groups -OCH3 is 1. The number of anilines is 1. The van der Waals surface area contributed by atoms with E-state index < -0.39 is 11.6 Å². The lowest BCUT2D eigenvalue weighted by Crippen LogP contribution is -2.20. The van der Waals surface area contributed by atoms with E-state index in [9.17, 15) is 8.78 Å². The largest absolute Gasteiger partial charge is 0.388 e. The number of aromatic nitrogens is 1. The topological polar surface area (TPSA) is 25.4 Å². The third kappa shape index (κ3) is 3.31. The number of ether oxygens (including phenoxy) is 1. The minimum absolute atomic E-state index is 0.198. The quantitative estimate of drug-likeness (QED) is 0.778. The van der Waals surface area contributed by atoms with E-state index in [0.717, 1.165) is 43.4 Å². The Bertz CT molecular complexity index is 673. The average Bonchev–Trinajstić information content (AvgIpc) is 2.96. The Labute approximate surface area is 133 Å². The molecule has 0 bridgehead atoms. The summed E-state index contributed by atoms with van der Waals surface area (Å²) in [5.74, 6) is -0.562. The number of halogens is 3. The van der Waals surface area contributed by atoms with Gasteiger partial charge in [-0.3, -0.25) is 0 Å². The van der Waals surface area contributed by atoms with Gasteiger partial charge < -0.3 is 9.64 Å². The predicted octanol–water partition coefficient (Wildman–Crippen LogP) is 4.34. The average molecular weight is 329 g/mol. The van der Waals surface area contributed by atoms with Crippen LogP contribution in [0.2, 0.25) is 5.02 Å². The lowest BCUT2D eigenvalue weighted by atomic mass is 10.1. The summed E-state index contributed by atoms with van der Waals surface area (Å²) in [6.07, 6.45) is 2.21. The van der Waals surface area contributed by atoms with E-state index in [1.54, 1.807) is 14.2 Å². The second-order valence-electron chi connectivity index (χ2n) is 5.26. The lowest BCUT2D eigenvalue weighted by molar-refractivity contribution is 0.277. The highest BCUT2D eigenvalue weighted by Gasteiger charge is 2.20. The zero-order chi connectivity index (χ0) is 16.3. The van der Waals surface area contributed by atoms with E-state index >= 15 is 0 Å². The third-order valence-corrected chi connectivity index (χ3v) is 4.02. The molecule has 0 aliphatic carbocycles. The fourth-order valence-electron chi connectivity index (χ4n) is 2.59. The lowest BCUT2D eigenvalue weighted by Gasteiger charge is -2.20. The normalized spacial score (nSPS) is 14.2. The first-order chi connectivity index (χ1) is 10.5. The summed E-state index contributed by atoms with van der Waals surface area (Å²) in [4.78, 5) is 6.52. The summed E-state index contributed by atoms with van der Waals surface area (Å²) in [5, 5.41) is 0.521. The molecule has 1 aromatic carbocycles. The van der Waals surface area contributed by atoms with Crippen molar-refractivity contribution in [3.05, 3.63) is 34.4 Å². The SMILES string of the molecule is COC.Cc1c(N2CCCC2)nc2cc(F)cc(F)c2c1Cl. The molecule has 3 nitrogen and oxygen atoms in total. The van der Waals surface area contributed by atoms with Crippen molar-refractivity contribution in [1.29, 1.82) is 0 Å². The van der Waals surface area contributed by atoms with Gasteiger partial charge in [-0.15, -0.1) is 0 Å². The maximum atomic E-state index is 13.8. The molecule has 0 atom stereocenters. The molecule has 120 valence electrons. The Balaban J connectivity index is 0.000000545. The number of nitrogens with zero attached hydrogens (tertiary/aromatic N) is 2. The van der Waals surface area contributed by atoms with Gasteiger partial charge in [0.15, 0.2) is 0 Å². The Hall–Kier alpha value is -1.46. The first kappa shape index (κ1) is 16.9. The molecule has 0 spiro atoms. The van der Waals surface area contributed by atoms with Gasteiger partial charge in [-0.05, 0) is 19.8 Å². The van der Waals surface area contributed by atoms with Crippen molar-refractivity contribution in [3.8, 4) is 0 Å². The molecular weight excluding hydrogens is 310 g/mol. The van der Waals surface area contributed by atoms with Crippen molar-refractivity contribution < 1.29 is 13.5 Å². The van der Waals surface area contributed by atoms with Gasteiger partial charge in [-0.25, -0.2) is 13.8 Å². The van der Waals surface area contributed by atoms with E-state index in [0.29, 0.717) is 5.02 Å². The molecule has 0 radical (unpaired) electrons. The molecule has 2 heterocycles. The number of rotatable bonds is 1. The minimum Gasteiger partial charge on any atom is -0.388 e. The van der Waals surface area contributed by atoms with E-state index in [1.165, 1.54) is 6.07 Å². The Morgan fingerprint density at radius 1 is 1.18 bits per heavy atom. The summed E-state index contributed by atoms with van der Waals surface area (Å²) in [6.45, 7) is 3.65. The maximum absolute atomic E-state index is 13.8. The molecular formula is C16H19ClF2N2O. The molecule has 1 aliphatic heterocycles. The Kier molecular flexibility index (Phi) is 5.53. The van der Waals surface area contributed by atoms with E-state index in [4.69, 9.17) is 11.6 Å². The van der Waals surface area contributed by atoms with Gasteiger partial charge in [0, 0.05) is 45.0 Å². The molecule has 1 fully saturated rings. The van der Waals surface area contributed by atoms with Crippen molar-refractivity contribution in [3.63, 3.8) is 0 Å². The summed E-state index contributed by atoms with van der Waals surface area (Å²) in [7, 11) is 3.25. The van der Waals surface area contributed by atoms with Crippen LogP contribution in [-0.2, 0) is 4.74 Å². The second-order valence-corrected chi connectivity index (χ2v) is 5.64. The van der Waals surface area contributed by atoms with Crippen LogP contribution < -0.4 is 4.90 Å². The molecule has 3 rings (SSSR count). The fraction of sp³-hybridized carbons (Fsp3) is 0.438. The summed E-state index contributed by atoms with van der Waals surface area (Å²) in [6, 6.07) is 2.06. The summed E-state index contributed by atoms with van der Waals surface area (Å²) < 4.78 is 31.4.